The molecule has 1 aromatic rings. The lowest BCUT2D eigenvalue weighted by atomic mass is 10.0. The second-order valence-corrected chi connectivity index (χ2v) is 5.32. The Kier molecular flexibility index (Phi) is 5.76. The molecule has 0 saturated carbocycles. The van der Waals surface area contributed by atoms with Gasteiger partial charge in [0.2, 0.25) is 0 Å². The van der Waals surface area contributed by atoms with E-state index < -0.39 is 5.97 Å². The largest absolute Gasteiger partial charge is 0.478 e. The molecule has 0 unspecified atom stereocenters. The minimum Gasteiger partial charge on any atom is -0.478 e. The van der Waals surface area contributed by atoms with E-state index in [1.807, 2.05) is 26.8 Å². The molecule has 0 aliphatic rings. The van der Waals surface area contributed by atoms with Crippen LogP contribution < -0.4 is 5.32 Å². The summed E-state index contributed by atoms with van der Waals surface area (Å²) in [5.41, 5.74) is 2.10. The summed E-state index contributed by atoms with van der Waals surface area (Å²) >= 11 is 0. The number of aromatic carboxylic acids is 1. The third-order valence-electron chi connectivity index (χ3n) is 3.75. The Morgan fingerprint density at radius 2 is 1.81 bits per heavy atom. The van der Waals surface area contributed by atoms with Gasteiger partial charge in [-0.1, -0.05) is 19.9 Å². The molecule has 0 bridgehead atoms. The lowest BCUT2D eigenvalue weighted by Crippen LogP contribution is -2.39. The number of nitrogens with zero attached hydrogens (tertiary/aromatic N) is 1. The highest BCUT2D eigenvalue weighted by Gasteiger charge is 2.20. The normalized spacial score (nSPS) is 10.6. The first-order valence-corrected chi connectivity index (χ1v) is 7.20. The number of aryl methyl sites for hydroxylation is 2. The number of carboxylic acids is 1. The summed E-state index contributed by atoms with van der Waals surface area (Å²) < 4.78 is 0. The monoisotopic (exact) mass is 292 g/mol. The van der Waals surface area contributed by atoms with Gasteiger partial charge in [0.25, 0.3) is 0 Å². The van der Waals surface area contributed by atoms with E-state index in [0.29, 0.717) is 5.69 Å². The fourth-order valence-corrected chi connectivity index (χ4v) is 2.50. The van der Waals surface area contributed by atoms with Crippen LogP contribution in [0.15, 0.2) is 12.1 Å². The lowest BCUT2D eigenvalue weighted by molar-refractivity contribution is 0.0698. The summed E-state index contributed by atoms with van der Waals surface area (Å²) in [6.07, 6.45) is 1.72. The van der Waals surface area contributed by atoms with Crippen LogP contribution in [0.4, 0.5) is 10.5 Å². The average molecular weight is 292 g/mol. The van der Waals surface area contributed by atoms with Crippen molar-refractivity contribution in [3.8, 4) is 0 Å². The zero-order chi connectivity index (χ0) is 16.2. The number of rotatable bonds is 5. The lowest BCUT2D eigenvalue weighted by Gasteiger charge is -2.27. The zero-order valence-corrected chi connectivity index (χ0v) is 13.4. The van der Waals surface area contributed by atoms with Gasteiger partial charge in [-0.3, -0.25) is 0 Å². The van der Waals surface area contributed by atoms with Crippen molar-refractivity contribution in [3.63, 3.8) is 0 Å². The van der Waals surface area contributed by atoms with Gasteiger partial charge in [0.15, 0.2) is 0 Å². The average Bonchev–Trinajstić information content (AvgIpc) is 2.42. The molecule has 0 aromatic heterocycles. The summed E-state index contributed by atoms with van der Waals surface area (Å²) in [5, 5.41) is 12.0. The SMILES string of the molecule is CCC(CC)N(C)C(=O)Nc1c(C)cc(C)cc1C(=O)O. The number of carboxylic acid groups (broad SMARTS) is 1. The molecular weight excluding hydrogens is 268 g/mol. The highest BCUT2D eigenvalue weighted by atomic mass is 16.4. The van der Waals surface area contributed by atoms with Gasteiger partial charge in [0.1, 0.15) is 0 Å². The number of benzene rings is 1. The molecule has 0 fully saturated rings. The van der Waals surface area contributed by atoms with Crippen LogP contribution >= 0.6 is 0 Å². The molecule has 1 aromatic carbocycles. The molecule has 0 aliphatic heterocycles. The molecule has 1 rings (SSSR count). The quantitative estimate of drug-likeness (QED) is 0.870. The number of hydrogen-bond donors (Lipinski definition) is 2. The van der Waals surface area contributed by atoms with Crippen molar-refractivity contribution >= 4 is 17.7 Å². The number of urea groups is 1. The smallest absolute Gasteiger partial charge is 0.337 e. The predicted molar refractivity (Wildman–Crippen MR) is 84.0 cm³/mol. The summed E-state index contributed by atoms with van der Waals surface area (Å²) in [5.74, 6) is -1.04. The molecule has 0 aliphatic carbocycles. The second kappa shape index (κ2) is 7.11. The molecule has 0 heterocycles. The molecule has 5 nitrogen and oxygen atoms in total. The van der Waals surface area contributed by atoms with Crippen molar-refractivity contribution in [1.29, 1.82) is 0 Å². The Morgan fingerprint density at radius 1 is 1.24 bits per heavy atom. The molecule has 0 radical (unpaired) electrons. The van der Waals surface area contributed by atoms with Crippen LogP contribution in [-0.2, 0) is 0 Å². The minimum absolute atomic E-state index is 0.124. The van der Waals surface area contributed by atoms with Crippen molar-refractivity contribution in [1.82, 2.24) is 4.90 Å². The van der Waals surface area contributed by atoms with E-state index in [1.165, 1.54) is 0 Å². The summed E-state index contributed by atoms with van der Waals surface area (Å²) in [6, 6.07) is 3.29. The second-order valence-electron chi connectivity index (χ2n) is 5.32. The number of anilines is 1. The first-order chi connectivity index (χ1) is 9.81. The van der Waals surface area contributed by atoms with E-state index in [2.05, 4.69) is 5.32 Å². The molecule has 0 atom stereocenters. The van der Waals surface area contributed by atoms with Crippen molar-refractivity contribution in [3.05, 3.63) is 28.8 Å². The summed E-state index contributed by atoms with van der Waals surface area (Å²) in [4.78, 5) is 25.3. The number of nitrogens with one attached hydrogen (secondary N) is 1. The van der Waals surface area contributed by atoms with Crippen molar-refractivity contribution in [2.24, 2.45) is 0 Å². The van der Waals surface area contributed by atoms with Crippen LogP contribution in [-0.4, -0.2) is 35.1 Å². The van der Waals surface area contributed by atoms with Gasteiger partial charge in [0.05, 0.1) is 11.3 Å². The molecule has 2 N–H and O–H groups in total. The first kappa shape index (κ1) is 17.0. The standard InChI is InChI=1S/C16H24N2O3/c1-6-12(7-2)18(5)16(21)17-14-11(4)8-10(3)9-13(14)15(19)20/h8-9,12H,6-7H2,1-5H3,(H,17,21)(H,19,20). The predicted octanol–water partition coefficient (Wildman–Crippen LogP) is 3.65. The van der Waals surface area contributed by atoms with Crippen molar-refractivity contribution < 1.29 is 14.7 Å². The Hall–Kier alpha value is -2.04. The zero-order valence-electron chi connectivity index (χ0n) is 13.4. The fourth-order valence-electron chi connectivity index (χ4n) is 2.50. The Morgan fingerprint density at radius 3 is 2.29 bits per heavy atom. The number of carbonyl (C=O) groups excluding carboxylic acids is 1. The maximum Gasteiger partial charge on any atom is 0.337 e. The van der Waals surface area contributed by atoms with Gasteiger partial charge in [-0.05, 0) is 43.9 Å². The molecule has 5 heteroatoms. The van der Waals surface area contributed by atoms with Crippen LogP contribution in [0, 0.1) is 13.8 Å². The fraction of sp³-hybridized carbons (Fsp3) is 0.500. The molecule has 116 valence electrons. The van der Waals surface area contributed by atoms with Gasteiger partial charge in [0, 0.05) is 13.1 Å². The van der Waals surface area contributed by atoms with Crippen molar-refractivity contribution in [2.45, 2.75) is 46.6 Å². The van der Waals surface area contributed by atoms with Gasteiger partial charge in [-0.25, -0.2) is 9.59 Å². The van der Waals surface area contributed by atoms with E-state index >= 15 is 0 Å². The molecule has 21 heavy (non-hydrogen) atoms. The highest BCUT2D eigenvalue weighted by molar-refractivity contribution is 6.01. The molecule has 0 spiro atoms. The minimum atomic E-state index is -1.04. The Bertz CT molecular complexity index is 537. The number of amides is 2. The van der Waals surface area contributed by atoms with Crippen molar-refractivity contribution in [2.75, 3.05) is 12.4 Å². The molecule has 2 amide bonds. The Balaban J connectivity index is 3.07. The van der Waals surface area contributed by atoms with Gasteiger partial charge < -0.3 is 15.3 Å². The van der Waals surface area contributed by atoms with E-state index in [1.54, 1.807) is 24.9 Å². The molecule has 0 saturated heterocycles. The van der Waals surface area contributed by atoms with Crippen LogP contribution in [0.3, 0.4) is 0 Å². The van der Waals surface area contributed by atoms with E-state index in [0.717, 1.165) is 24.0 Å². The number of carbonyl (C=O) groups is 2. The Labute approximate surface area is 126 Å². The summed E-state index contributed by atoms with van der Waals surface area (Å²) in [7, 11) is 1.73. The third kappa shape index (κ3) is 3.97. The van der Waals surface area contributed by atoms with Crippen LogP contribution in [0.5, 0.6) is 0 Å². The van der Waals surface area contributed by atoms with E-state index in [-0.39, 0.29) is 17.6 Å². The highest BCUT2D eigenvalue weighted by Crippen LogP contribution is 2.23. The van der Waals surface area contributed by atoms with Gasteiger partial charge in [-0.2, -0.15) is 0 Å². The number of hydrogen-bond acceptors (Lipinski definition) is 2. The van der Waals surface area contributed by atoms with Crippen LogP contribution in [0.1, 0.15) is 48.2 Å². The van der Waals surface area contributed by atoms with E-state index in [4.69, 9.17) is 0 Å². The van der Waals surface area contributed by atoms with E-state index in [9.17, 15) is 14.7 Å². The van der Waals surface area contributed by atoms with Gasteiger partial charge in [-0.15, -0.1) is 0 Å². The van der Waals surface area contributed by atoms with Crippen LogP contribution in [0.2, 0.25) is 0 Å². The maximum atomic E-state index is 12.3. The summed E-state index contributed by atoms with van der Waals surface area (Å²) in [6.45, 7) is 7.68. The first-order valence-electron chi connectivity index (χ1n) is 7.20. The van der Waals surface area contributed by atoms with Gasteiger partial charge >= 0.3 is 12.0 Å². The molecular formula is C16H24N2O3. The third-order valence-corrected chi connectivity index (χ3v) is 3.75. The van der Waals surface area contributed by atoms with Crippen LogP contribution in [0.25, 0.3) is 0 Å². The topological polar surface area (TPSA) is 69.6 Å². The maximum absolute atomic E-state index is 12.3.